The van der Waals surface area contributed by atoms with E-state index in [9.17, 15) is 25.9 Å². The molecule has 1 saturated heterocycles. The van der Waals surface area contributed by atoms with E-state index in [-0.39, 0.29) is 110 Å². The number of hydrogen-bond acceptors (Lipinski definition) is 9. The van der Waals surface area contributed by atoms with Gasteiger partial charge < -0.3 is 22.2 Å². The Bertz CT molecular complexity index is 1700. The first-order valence-corrected chi connectivity index (χ1v) is 20.4. The summed E-state index contributed by atoms with van der Waals surface area (Å²) in [5.41, 5.74) is 0.525. The zero-order valence-electron chi connectivity index (χ0n) is 31.0. The van der Waals surface area contributed by atoms with Gasteiger partial charge in [0, 0.05) is 16.5 Å². The molecule has 4 saturated carbocycles. The van der Waals surface area contributed by atoms with Gasteiger partial charge in [0.15, 0.2) is 0 Å². The van der Waals surface area contributed by atoms with Crippen molar-refractivity contribution in [3.63, 3.8) is 0 Å². The molecule has 9 nitrogen and oxygen atoms in total. The van der Waals surface area contributed by atoms with E-state index in [1.807, 2.05) is 0 Å². The summed E-state index contributed by atoms with van der Waals surface area (Å²) < 4.78 is 87.8. The number of ether oxygens (including phenoxy) is 1. The zero-order chi connectivity index (χ0) is 34.2. The van der Waals surface area contributed by atoms with Gasteiger partial charge in [0.25, 0.3) is 20.8 Å². The van der Waals surface area contributed by atoms with Crippen molar-refractivity contribution < 1.29 is 98.2 Å². The standard InChI is InChI=1S/C36H54O9S2.2Na/c1-31(2)15-8-16-36(7)27(31)13-19-35(6)29(43-36)14-20-34(35,5)24-12-17-32(3)23(24)11-18-33(4)28(32)21-22-25(44-46(37,38)39)9-10-26(30(22)33)45-47(40,41)42;;/h9-10,23-24,27-29H,8,11-21H2,1-7H3,(H,37,38,39)(H,40,41,42);;/q;2*+1/p-2/t23-,24-,27+,28+,29+,32-,33+,34-,35-,36+;;/m1../s1. The van der Waals surface area contributed by atoms with Crippen LogP contribution in [0.4, 0.5) is 0 Å². The SMILES string of the molecule is CC1(C)CCC[C@]2(C)O[C@H]3CC[C@](C)([C@@H]4CC[C@]5(C)[C@@H]4CC[C@]4(C)c6c(OS(=O)(=O)[O-])ccc(OS(=O)(=O)[O-])c6C[C@@H]54)[C@]3(C)CC[C@@H]12.[Na+].[Na+]. The van der Waals surface area contributed by atoms with Crippen molar-refractivity contribution in [1.29, 1.82) is 0 Å². The van der Waals surface area contributed by atoms with E-state index in [2.05, 4.69) is 48.5 Å². The Balaban J connectivity index is 0.00000234. The number of hydrogen-bond donors (Lipinski definition) is 0. The molecule has 5 fully saturated rings. The molecule has 1 aromatic rings. The maximum atomic E-state index is 11.8. The van der Waals surface area contributed by atoms with Gasteiger partial charge in [-0.3, -0.25) is 0 Å². The molecule has 13 heteroatoms. The van der Waals surface area contributed by atoms with E-state index >= 15 is 0 Å². The first-order chi connectivity index (χ1) is 21.6. The van der Waals surface area contributed by atoms with E-state index in [0.717, 1.165) is 44.9 Å². The zero-order valence-corrected chi connectivity index (χ0v) is 36.7. The van der Waals surface area contributed by atoms with Crippen molar-refractivity contribution in [2.45, 2.75) is 143 Å². The summed E-state index contributed by atoms with van der Waals surface area (Å²) in [5, 5.41) is 0. The van der Waals surface area contributed by atoms with Crippen LogP contribution in [0.25, 0.3) is 0 Å². The molecule has 1 aromatic carbocycles. The second kappa shape index (κ2) is 12.8. The second-order valence-electron chi connectivity index (χ2n) is 18.1. The number of fused-ring (bicyclic) bond motifs is 7. The van der Waals surface area contributed by atoms with Crippen LogP contribution in [0.3, 0.4) is 0 Å². The van der Waals surface area contributed by atoms with Crippen LogP contribution in [0.1, 0.15) is 130 Å². The van der Waals surface area contributed by atoms with Crippen molar-refractivity contribution in [2.75, 3.05) is 0 Å². The van der Waals surface area contributed by atoms with Gasteiger partial charge >= 0.3 is 59.1 Å². The molecule has 0 amide bonds. The summed E-state index contributed by atoms with van der Waals surface area (Å²) in [4.78, 5) is 0. The third-order valence-corrected chi connectivity index (χ3v) is 16.5. The van der Waals surface area contributed by atoms with Crippen LogP contribution in [0.15, 0.2) is 12.1 Å². The maximum absolute atomic E-state index is 11.8. The molecule has 0 N–H and O–H groups in total. The van der Waals surface area contributed by atoms with Gasteiger partial charge in [-0.1, -0.05) is 48.0 Å². The van der Waals surface area contributed by atoms with Crippen LogP contribution in [-0.2, 0) is 37.4 Å². The molecule has 5 aliphatic carbocycles. The van der Waals surface area contributed by atoms with Crippen LogP contribution in [-0.4, -0.2) is 37.6 Å². The minimum absolute atomic E-state index is 0. The molecule has 10 atom stereocenters. The molecular weight excluding hydrogens is 687 g/mol. The van der Waals surface area contributed by atoms with Crippen LogP contribution < -0.4 is 67.5 Å². The van der Waals surface area contributed by atoms with Crippen LogP contribution in [0, 0.1) is 45.3 Å². The first-order valence-electron chi connectivity index (χ1n) is 17.7. The minimum atomic E-state index is -5.10. The van der Waals surface area contributed by atoms with Crippen molar-refractivity contribution in [3.05, 3.63) is 23.3 Å². The Labute approximate surface area is 338 Å². The predicted octanol–water partition coefficient (Wildman–Crippen LogP) is 1.20. The molecule has 1 aliphatic heterocycles. The Morgan fingerprint density at radius 2 is 1.29 bits per heavy atom. The van der Waals surface area contributed by atoms with Gasteiger partial charge in [-0.2, -0.15) is 0 Å². The molecule has 0 spiro atoms. The minimum Gasteiger partial charge on any atom is -0.716 e. The average Bonchev–Trinajstić information content (AvgIpc) is 3.49. The molecule has 6 aliphatic rings. The predicted molar refractivity (Wildman–Crippen MR) is 174 cm³/mol. The summed E-state index contributed by atoms with van der Waals surface area (Å²) in [6, 6.07) is 2.49. The number of benzene rings is 1. The third kappa shape index (κ3) is 6.28. The summed E-state index contributed by atoms with van der Waals surface area (Å²) in [6.45, 7) is 16.8. The topological polar surface area (TPSA) is 142 Å². The van der Waals surface area contributed by atoms with Gasteiger partial charge in [-0.25, -0.2) is 16.8 Å². The van der Waals surface area contributed by atoms with E-state index in [1.165, 1.54) is 37.8 Å². The Kier molecular flexibility index (Phi) is 10.7. The largest absolute Gasteiger partial charge is 1.00 e. The smallest absolute Gasteiger partial charge is 0.716 e. The van der Waals surface area contributed by atoms with E-state index in [0.29, 0.717) is 35.3 Å². The van der Waals surface area contributed by atoms with E-state index in [1.54, 1.807) is 0 Å². The summed E-state index contributed by atoms with van der Waals surface area (Å²) in [5.74, 6) is 1.25. The van der Waals surface area contributed by atoms with Gasteiger partial charge in [0.05, 0.1) is 11.7 Å². The average molecular weight is 739 g/mol. The van der Waals surface area contributed by atoms with Crippen LogP contribution in [0.2, 0.25) is 0 Å². The van der Waals surface area contributed by atoms with Gasteiger partial charge in [-0.05, 0) is 135 Å². The second-order valence-corrected chi connectivity index (χ2v) is 20.1. The molecule has 7 rings (SSSR count). The van der Waals surface area contributed by atoms with Crippen molar-refractivity contribution in [1.82, 2.24) is 0 Å². The van der Waals surface area contributed by atoms with Crippen molar-refractivity contribution in [3.8, 4) is 11.5 Å². The maximum Gasteiger partial charge on any atom is 1.00 e. The van der Waals surface area contributed by atoms with E-state index in [4.69, 9.17) is 13.1 Å². The fourth-order valence-electron chi connectivity index (χ4n) is 13.5. The van der Waals surface area contributed by atoms with Crippen LogP contribution >= 0.6 is 0 Å². The molecular formula is C36H52Na2O9S2. The monoisotopic (exact) mass is 738 g/mol. The first kappa shape index (κ1) is 40.8. The Hall–Kier alpha value is 0.600. The normalized spacial score (nSPS) is 43.7. The molecule has 0 unspecified atom stereocenters. The van der Waals surface area contributed by atoms with Crippen molar-refractivity contribution >= 4 is 20.8 Å². The molecule has 49 heavy (non-hydrogen) atoms. The Morgan fingerprint density at radius 3 is 1.94 bits per heavy atom. The number of rotatable bonds is 5. The molecule has 0 radical (unpaired) electrons. The Morgan fingerprint density at radius 1 is 0.694 bits per heavy atom. The van der Waals surface area contributed by atoms with Gasteiger partial charge in [0.2, 0.25) is 0 Å². The fraction of sp³-hybridized carbons (Fsp3) is 0.833. The molecule has 0 aromatic heterocycles. The van der Waals surface area contributed by atoms with Gasteiger partial charge in [0.1, 0.15) is 11.5 Å². The van der Waals surface area contributed by atoms with Crippen LogP contribution in [0.5, 0.6) is 11.5 Å². The summed E-state index contributed by atoms with van der Waals surface area (Å²) in [6.07, 6.45) is 12.6. The van der Waals surface area contributed by atoms with E-state index < -0.39 is 26.2 Å². The van der Waals surface area contributed by atoms with Gasteiger partial charge in [-0.15, -0.1) is 0 Å². The third-order valence-electron chi connectivity index (χ3n) is 15.8. The summed E-state index contributed by atoms with van der Waals surface area (Å²) in [7, 11) is -10.2. The van der Waals surface area contributed by atoms with Crippen molar-refractivity contribution in [2.24, 2.45) is 45.3 Å². The fourth-order valence-corrected chi connectivity index (χ4v) is 14.2. The quantitative estimate of drug-likeness (QED) is 0.248. The summed E-state index contributed by atoms with van der Waals surface area (Å²) >= 11 is 0. The molecule has 264 valence electrons. The molecule has 0 bridgehead atoms. The molecule has 1 heterocycles.